The number of nitrogens with one attached hydrogen (secondary N) is 1. The highest BCUT2D eigenvalue weighted by atomic mass is 35.5. The van der Waals surface area contributed by atoms with Crippen molar-refractivity contribution in [3.8, 4) is 11.6 Å². The lowest BCUT2D eigenvalue weighted by Crippen LogP contribution is -2.42. The molecular weight excluding hydrogens is 482 g/mol. The maximum atomic E-state index is 13.0. The molecule has 0 aliphatic carbocycles. The van der Waals surface area contributed by atoms with Crippen molar-refractivity contribution in [1.29, 1.82) is 0 Å². The highest BCUT2D eigenvalue weighted by Gasteiger charge is 2.14. The quantitative estimate of drug-likeness (QED) is 0.374. The average molecular weight is 500 g/mol. The zero-order valence-electron chi connectivity index (χ0n) is 17.8. The molecule has 4 rings (SSSR count). The second-order valence-corrected chi connectivity index (χ2v) is 8.28. The SMILES string of the molecule is CCn1c(=O)nc(Nc2ccc(Oc3cc(C(=O)O)sn3)cc2)n(Cc2ccc(Cl)cc2)c1=O. The van der Waals surface area contributed by atoms with E-state index in [4.69, 9.17) is 21.4 Å². The molecule has 0 aliphatic heterocycles. The van der Waals surface area contributed by atoms with Crippen molar-refractivity contribution in [2.45, 2.75) is 20.0 Å². The van der Waals surface area contributed by atoms with E-state index in [2.05, 4.69) is 14.7 Å². The summed E-state index contributed by atoms with van der Waals surface area (Å²) in [7, 11) is 0. The number of anilines is 2. The molecule has 4 aromatic rings. The number of halogens is 1. The normalized spacial score (nSPS) is 10.8. The van der Waals surface area contributed by atoms with Gasteiger partial charge in [-0.25, -0.2) is 19.0 Å². The van der Waals surface area contributed by atoms with E-state index in [-0.39, 0.29) is 29.8 Å². The Bertz CT molecular complexity index is 1440. The van der Waals surface area contributed by atoms with Crippen molar-refractivity contribution >= 4 is 40.7 Å². The van der Waals surface area contributed by atoms with Crippen LogP contribution in [0.2, 0.25) is 5.02 Å². The van der Waals surface area contributed by atoms with Crippen LogP contribution < -0.4 is 21.4 Å². The Balaban J connectivity index is 1.59. The monoisotopic (exact) mass is 499 g/mol. The summed E-state index contributed by atoms with van der Waals surface area (Å²) in [5.41, 5.74) is 0.227. The van der Waals surface area contributed by atoms with E-state index in [1.54, 1.807) is 55.5 Å². The molecule has 0 aliphatic rings. The van der Waals surface area contributed by atoms with Gasteiger partial charge in [-0.1, -0.05) is 23.7 Å². The minimum Gasteiger partial charge on any atom is -0.477 e. The second kappa shape index (κ2) is 9.89. The van der Waals surface area contributed by atoms with Gasteiger partial charge in [0.1, 0.15) is 10.6 Å². The van der Waals surface area contributed by atoms with Gasteiger partial charge in [-0.05, 0) is 60.4 Å². The highest BCUT2D eigenvalue weighted by molar-refractivity contribution is 7.08. The number of rotatable bonds is 8. The Morgan fingerprint density at radius 2 is 1.82 bits per heavy atom. The second-order valence-electron chi connectivity index (χ2n) is 7.04. The van der Waals surface area contributed by atoms with E-state index >= 15 is 0 Å². The van der Waals surface area contributed by atoms with E-state index in [1.165, 1.54) is 10.6 Å². The fourth-order valence-corrected chi connectivity index (χ4v) is 3.71. The number of aromatic nitrogens is 4. The molecular formula is C22H18ClN5O5S. The zero-order valence-corrected chi connectivity index (χ0v) is 19.3. The third kappa shape index (κ3) is 5.16. The Morgan fingerprint density at radius 1 is 1.12 bits per heavy atom. The van der Waals surface area contributed by atoms with Crippen LogP contribution >= 0.6 is 23.1 Å². The van der Waals surface area contributed by atoms with Crippen molar-refractivity contribution in [2.75, 3.05) is 5.32 Å². The standard InChI is InChI=1S/C22H18ClN5O5S/c1-2-27-21(31)25-20(28(22(27)32)12-13-3-5-14(23)6-4-13)24-15-7-9-16(10-8-15)33-18-11-17(19(29)30)34-26-18/h3-11H,2,12H2,1H3,(H,29,30)(H,24,25,31). The molecule has 2 N–H and O–H groups in total. The highest BCUT2D eigenvalue weighted by Crippen LogP contribution is 2.25. The predicted octanol–water partition coefficient (Wildman–Crippen LogP) is 3.82. The van der Waals surface area contributed by atoms with Crippen LogP contribution in [-0.4, -0.2) is 29.6 Å². The Labute approximate surface area is 201 Å². The van der Waals surface area contributed by atoms with Crippen molar-refractivity contribution in [2.24, 2.45) is 0 Å². The van der Waals surface area contributed by atoms with Crippen LogP contribution in [0.4, 0.5) is 11.6 Å². The number of hydrogen-bond donors (Lipinski definition) is 2. The van der Waals surface area contributed by atoms with Gasteiger partial charge >= 0.3 is 17.3 Å². The Kier molecular flexibility index (Phi) is 6.75. The average Bonchev–Trinajstić information content (AvgIpc) is 3.28. The molecule has 0 unspecified atom stereocenters. The molecule has 10 nitrogen and oxygen atoms in total. The number of carboxylic acids is 1. The number of aromatic carboxylic acids is 1. The molecule has 2 aromatic heterocycles. The third-order valence-electron chi connectivity index (χ3n) is 4.75. The molecule has 12 heteroatoms. The van der Waals surface area contributed by atoms with E-state index in [0.29, 0.717) is 16.5 Å². The van der Waals surface area contributed by atoms with Crippen molar-refractivity contribution in [3.05, 3.63) is 91.0 Å². The van der Waals surface area contributed by atoms with Gasteiger partial charge in [-0.15, -0.1) is 0 Å². The van der Waals surface area contributed by atoms with Gasteiger partial charge < -0.3 is 15.2 Å². The molecule has 2 heterocycles. The number of carboxylic acid groups (broad SMARTS) is 1. The molecule has 0 radical (unpaired) electrons. The van der Waals surface area contributed by atoms with Crippen LogP contribution in [0, 0.1) is 0 Å². The lowest BCUT2D eigenvalue weighted by atomic mass is 10.2. The molecule has 0 spiro atoms. The van der Waals surface area contributed by atoms with Crippen LogP contribution in [0.25, 0.3) is 0 Å². The minimum absolute atomic E-state index is 0.0693. The molecule has 34 heavy (non-hydrogen) atoms. The number of nitrogens with zero attached hydrogens (tertiary/aromatic N) is 4. The summed E-state index contributed by atoms with van der Waals surface area (Å²) in [5.74, 6) is -0.381. The van der Waals surface area contributed by atoms with Crippen LogP contribution in [0.3, 0.4) is 0 Å². The summed E-state index contributed by atoms with van der Waals surface area (Å²) >= 11 is 6.78. The molecule has 0 atom stereocenters. The number of carbonyl (C=O) groups is 1. The summed E-state index contributed by atoms with van der Waals surface area (Å²) in [6.45, 7) is 2.07. The first-order valence-corrected chi connectivity index (χ1v) is 11.2. The fourth-order valence-electron chi connectivity index (χ4n) is 3.07. The summed E-state index contributed by atoms with van der Waals surface area (Å²) < 4.78 is 11.9. The molecule has 0 bridgehead atoms. The van der Waals surface area contributed by atoms with Crippen LogP contribution in [0.5, 0.6) is 11.6 Å². The summed E-state index contributed by atoms with van der Waals surface area (Å²) in [6.07, 6.45) is 0. The van der Waals surface area contributed by atoms with Gasteiger partial charge in [-0.3, -0.25) is 4.57 Å². The topological polar surface area (TPSA) is 128 Å². The molecule has 2 aromatic carbocycles. The van der Waals surface area contributed by atoms with Crippen molar-refractivity contribution in [1.82, 2.24) is 18.5 Å². The number of ether oxygens (including phenoxy) is 1. The van der Waals surface area contributed by atoms with Crippen LogP contribution in [0.1, 0.15) is 22.2 Å². The molecule has 0 saturated carbocycles. The van der Waals surface area contributed by atoms with E-state index in [1.807, 2.05) is 0 Å². The van der Waals surface area contributed by atoms with E-state index < -0.39 is 17.3 Å². The first-order chi connectivity index (χ1) is 16.3. The van der Waals surface area contributed by atoms with E-state index in [0.717, 1.165) is 21.7 Å². The Hall–Kier alpha value is -3.96. The molecule has 0 amide bonds. The van der Waals surface area contributed by atoms with Gasteiger partial charge in [0.15, 0.2) is 0 Å². The zero-order chi connectivity index (χ0) is 24.2. The number of benzene rings is 2. The van der Waals surface area contributed by atoms with Crippen LogP contribution in [-0.2, 0) is 13.1 Å². The minimum atomic E-state index is -1.07. The Morgan fingerprint density at radius 3 is 2.44 bits per heavy atom. The third-order valence-corrected chi connectivity index (χ3v) is 5.76. The predicted molar refractivity (Wildman–Crippen MR) is 128 cm³/mol. The van der Waals surface area contributed by atoms with Gasteiger partial charge in [-0.2, -0.15) is 9.36 Å². The summed E-state index contributed by atoms with van der Waals surface area (Å²) in [4.78, 5) is 40.4. The molecule has 0 saturated heterocycles. The van der Waals surface area contributed by atoms with Gasteiger partial charge in [0.05, 0.1) is 6.54 Å². The summed E-state index contributed by atoms with van der Waals surface area (Å²) in [5, 5.41) is 12.6. The lowest BCUT2D eigenvalue weighted by Gasteiger charge is -2.15. The van der Waals surface area contributed by atoms with Gasteiger partial charge in [0, 0.05) is 23.3 Å². The molecule has 174 valence electrons. The first kappa shape index (κ1) is 23.2. The maximum absolute atomic E-state index is 13.0. The first-order valence-electron chi connectivity index (χ1n) is 10.0. The van der Waals surface area contributed by atoms with Crippen molar-refractivity contribution < 1.29 is 14.6 Å². The summed E-state index contributed by atoms with van der Waals surface area (Å²) in [6, 6.07) is 15.0. The van der Waals surface area contributed by atoms with Crippen LogP contribution in [0.15, 0.2) is 64.2 Å². The lowest BCUT2D eigenvalue weighted by molar-refractivity contribution is 0.0702. The maximum Gasteiger partial charge on any atom is 0.354 e. The van der Waals surface area contributed by atoms with Gasteiger partial charge in [0.2, 0.25) is 11.8 Å². The number of hydrogen-bond acceptors (Lipinski definition) is 8. The fraction of sp³-hybridized carbons (Fsp3) is 0.136. The van der Waals surface area contributed by atoms with Gasteiger partial charge in [0.25, 0.3) is 0 Å². The largest absolute Gasteiger partial charge is 0.477 e. The molecule has 0 fully saturated rings. The van der Waals surface area contributed by atoms with Crippen molar-refractivity contribution in [3.63, 3.8) is 0 Å². The van der Waals surface area contributed by atoms with E-state index in [9.17, 15) is 14.4 Å². The smallest absolute Gasteiger partial charge is 0.354 e.